The third kappa shape index (κ3) is 19.2. The molecule has 0 amide bonds. The van der Waals surface area contributed by atoms with Crippen LogP contribution in [0.3, 0.4) is 0 Å². The van der Waals surface area contributed by atoms with Crippen molar-refractivity contribution in [2.24, 2.45) is 0 Å². The first-order valence-corrected chi connectivity index (χ1v) is 40.5. The summed E-state index contributed by atoms with van der Waals surface area (Å²) in [6.07, 6.45) is 22.8. The maximum absolute atomic E-state index is 5.14. The molecule has 0 atom stereocenters. The van der Waals surface area contributed by atoms with Gasteiger partial charge < -0.3 is 0 Å². The minimum absolute atomic E-state index is 0. The maximum Gasteiger partial charge on any atom is 2.00 e. The predicted octanol–water partition coefficient (Wildman–Crippen LogP) is 22.5. The van der Waals surface area contributed by atoms with Crippen molar-refractivity contribution < 1.29 is 39.0 Å². The van der Waals surface area contributed by atoms with Gasteiger partial charge in [0.05, 0.1) is 89.7 Å². The second-order valence-corrected chi connectivity index (χ2v) is 27.4. The molecule has 112 heavy (non-hydrogen) atoms. The molecule has 13 heterocycles. The SMILES string of the molecule is CCc1ccc(CC)c(-c2nc(CC)ccc2CC)n1.CCc1ccc(CC)c(-c2nc(CC)ccc2CC)n1.CCc1ccc(CC)c(-c2nc(CC)ccc2CC)n1.CCc1ccc(CC)c(-c2nc(CC)ccc2CC)n1.[Ru+2].[Ru+2].c1cnc2c(c1)c1nc3c4cccnc4c4ncccc4c3nc1c1cccnc12. The van der Waals surface area contributed by atoms with E-state index in [4.69, 9.17) is 49.8 Å². The molecular weight excluding hydrogens is 1550 g/mol. The van der Waals surface area contributed by atoms with E-state index in [1.807, 2.05) is 48.5 Å². The van der Waals surface area contributed by atoms with Crippen LogP contribution in [-0.2, 0) is 142 Å². The molecule has 0 aliphatic carbocycles. The van der Waals surface area contributed by atoms with Crippen LogP contribution >= 0.6 is 0 Å². The molecule has 0 radical (unpaired) electrons. The van der Waals surface area contributed by atoms with Gasteiger partial charge in [-0.3, -0.25) is 59.8 Å². The summed E-state index contributed by atoms with van der Waals surface area (Å²) in [6.45, 7) is 34.6. The second-order valence-electron chi connectivity index (χ2n) is 27.4. The molecule has 0 bridgehead atoms. The van der Waals surface area contributed by atoms with Gasteiger partial charge in [-0.05, 0) is 244 Å². The topological polar surface area (TPSA) is 180 Å². The molecule has 16 heteroatoms. The fraction of sp³-hybridized carbons (Fsp3) is 0.333. The Morgan fingerprint density at radius 1 is 0.161 bits per heavy atom. The first-order valence-electron chi connectivity index (χ1n) is 40.5. The first-order chi connectivity index (χ1) is 53.8. The molecule has 15 aromatic rings. The Bertz CT molecular complexity index is 4800. The zero-order valence-corrected chi connectivity index (χ0v) is 71.9. The Labute approximate surface area is 689 Å². The van der Waals surface area contributed by atoms with E-state index < -0.39 is 0 Å². The average molecular weight is 1660 g/mol. The van der Waals surface area contributed by atoms with Crippen LogP contribution in [0.25, 0.3) is 111 Å². The van der Waals surface area contributed by atoms with Gasteiger partial charge in [-0.15, -0.1) is 0 Å². The van der Waals surface area contributed by atoms with Gasteiger partial charge in [-0.1, -0.05) is 159 Å². The summed E-state index contributed by atoms with van der Waals surface area (Å²) >= 11 is 0. The van der Waals surface area contributed by atoms with Crippen LogP contribution in [0.2, 0.25) is 0 Å². The molecule has 574 valence electrons. The molecule has 0 fully saturated rings. The van der Waals surface area contributed by atoms with Crippen molar-refractivity contribution in [3.63, 3.8) is 0 Å². The van der Waals surface area contributed by atoms with Gasteiger partial charge in [0.15, 0.2) is 0 Å². The third-order valence-electron chi connectivity index (χ3n) is 20.7. The van der Waals surface area contributed by atoms with Crippen molar-refractivity contribution in [1.82, 2.24) is 69.8 Å². The predicted molar refractivity (Wildman–Crippen MR) is 458 cm³/mol. The van der Waals surface area contributed by atoms with Crippen LogP contribution in [0.5, 0.6) is 0 Å². The van der Waals surface area contributed by atoms with E-state index in [0.29, 0.717) is 0 Å². The summed E-state index contributed by atoms with van der Waals surface area (Å²) < 4.78 is 0. The Kier molecular flexibility index (Phi) is 32.0. The summed E-state index contributed by atoms with van der Waals surface area (Å²) in [5.74, 6) is 0. The Morgan fingerprint density at radius 2 is 0.304 bits per heavy atom. The molecule has 0 saturated heterocycles. The van der Waals surface area contributed by atoms with Crippen LogP contribution in [0.15, 0.2) is 170 Å². The number of hydrogen-bond acceptors (Lipinski definition) is 14. The van der Waals surface area contributed by atoms with Crippen LogP contribution in [0.1, 0.15) is 201 Å². The van der Waals surface area contributed by atoms with Gasteiger partial charge in [0, 0.05) is 91.9 Å². The van der Waals surface area contributed by atoms with E-state index in [-0.39, 0.29) is 39.0 Å². The van der Waals surface area contributed by atoms with E-state index in [9.17, 15) is 0 Å². The summed E-state index contributed by atoms with van der Waals surface area (Å²) in [5.41, 5.74) is 34.7. The molecule has 0 aliphatic heterocycles. The largest absolute Gasteiger partial charge is 2.00 e. The number of benzene rings is 2. The van der Waals surface area contributed by atoms with E-state index in [2.05, 4.69) is 228 Å². The first kappa shape index (κ1) is 86.1. The van der Waals surface area contributed by atoms with Gasteiger partial charge >= 0.3 is 39.0 Å². The summed E-state index contributed by atoms with van der Waals surface area (Å²) in [7, 11) is 0. The molecule has 0 spiro atoms. The molecule has 0 saturated carbocycles. The number of nitrogens with zero attached hydrogens (tertiary/aromatic N) is 14. The number of pyridine rings is 12. The number of rotatable bonds is 20. The summed E-state index contributed by atoms with van der Waals surface area (Å²) in [4.78, 5) is 67.5. The standard InChI is InChI=1S/C24H12N6.4C18H24N2.2Ru/c1-5-13-17(25-9-1)18-14(6-2-10-26-18)22-21(13)29-23-15-7-3-11-27-19(15)20-16(24(23)30-22)8-4-12-28-20;4*1-5-13-9-11-15(7-3)19-17(13)18-14(6-2)10-12-16(8-4)20-18;;/h1-12H;4*9-12H,5-8H2,1-4H3;;/q;;;;;2*+2. The van der Waals surface area contributed by atoms with Gasteiger partial charge in [-0.2, -0.15) is 0 Å². The van der Waals surface area contributed by atoms with Crippen LogP contribution in [0, 0.1) is 0 Å². The zero-order valence-electron chi connectivity index (χ0n) is 68.4. The number of aryl methyl sites for hydroxylation is 16. The molecule has 2 aromatic carbocycles. The molecule has 0 unspecified atom stereocenters. The molecule has 15 rings (SSSR count). The molecule has 13 aromatic heterocycles. The maximum atomic E-state index is 5.14. The Hall–Kier alpha value is -9.87. The zero-order chi connectivity index (χ0) is 77.8. The number of hydrogen-bond donors (Lipinski definition) is 0. The van der Waals surface area contributed by atoms with Crippen molar-refractivity contribution in [3.8, 4) is 45.6 Å². The number of fused-ring (bicyclic) bond motifs is 12. The van der Waals surface area contributed by atoms with Crippen molar-refractivity contribution in [2.75, 3.05) is 0 Å². The van der Waals surface area contributed by atoms with Crippen molar-refractivity contribution in [2.45, 2.75) is 214 Å². The molecule has 14 nitrogen and oxygen atoms in total. The fourth-order valence-corrected chi connectivity index (χ4v) is 14.1. The van der Waals surface area contributed by atoms with E-state index in [1.165, 1.54) is 44.5 Å². The van der Waals surface area contributed by atoms with E-state index >= 15 is 0 Å². The summed E-state index contributed by atoms with van der Waals surface area (Å²) in [6, 6.07) is 50.6. The van der Waals surface area contributed by atoms with Crippen LogP contribution < -0.4 is 0 Å². The second kappa shape index (κ2) is 41.6. The Morgan fingerprint density at radius 3 is 0.429 bits per heavy atom. The normalized spacial score (nSPS) is 10.9. The van der Waals surface area contributed by atoms with Gasteiger partial charge in [0.25, 0.3) is 0 Å². The fourth-order valence-electron chi connectivity index (χ4n) is 14.1. The minimum atomic E-state index is 0. The molecular formula is C96H108N14Ru2+4. The van der Waals surface area contributed by atoms with Crippen molar-refractivity contribution >= 4 is 65.7 Å². The van der Waals surface area contributed by atoms with Crippen molar-refractivity contribution in [1.29, 1.82) is 0 Å². The Balaban J connectivity index is 0.000000162. The molecule has 0 N–H and O–H groups in total. The quantitative estimate of drug-likeness (QED) is 0.0399. The van der Waals surface area contributed by atoms with Gasteiger partial charge in [-0.25, -0.2) is 9.97 Å². The summed E-state index contributed by atoms with van der Waals surface area (Å²) in [5, 5.41) is 3.76. The van der Waals surface area contributed by atoms with Crippen LogP contribution in [0.4, 0.5) is 0 Å². The van der Waals surface area contributed by atoms with E-state index in [1.54, 1.807) is 24.8 Å². The average Bonchev–Trinajstić information content (AvgIpc) is 0.717. The van der Waals surface area contributed by atoms with E-state index in [0.717, 1.165) is 260 Å². The molecule has 0 aliphatic rings. The third-order valence-corrected chi connectivity index (χ3v) is 20.7. The number of aromatic nitrogens is 14. The van der Waals surface area contributed by atoms with Crippen LogP contribution in [-0.4, -0.2) is 69.8 Å². The van der Waals surface area contributed by atoms with Crippen molar-refractivity contribution in [3.05, 3.63) is 260 Å². The smallest absolute Gasteiger partial charge is 0.254 e. The monoisotopic (exact) mass is 1660 g/mol. The van der Waals surface area contributed by atoms with Gasteiger partial charge in [0.2, 0.25) is 0 Å². The van der Waals surface area contributed by atoms with Gasteiger partial charge in [0.1, 0.15) is 0 Å². The minimum Gasteiger partial charge on any atom is -0.254 e.